The van der Waals surface area contributed by atoms with Gasteiger partial charge >= 0.3 is 0 Å². The topological polar surface area (TPSA) is 64.7 Å². The standard InChI is InChI=1S/C13H20ClNO3/c1-3-17-7-11(16)8-18-13-5-4-10(9(2)15)6-12(13)14/h4-6,9,11,16H,3,7-8,15H2,1-2H3/t9-,11?/m1/s1. The van der Waals surface area contributed by atoms with Crippen molar-refractivity contribution in [2.24, 2.45) is 5.73 Å². The van der Waals surface area contributed by atoms with E-state index in [0.717, 1.165) is 5.56 Å². The number of aliphatic hydroxyl groups is 1. The Morgan fingerprint density at radius 3 is 2.67 bits per heavy atom. The van der Waals surface area contributed by atoms with Crippen LogP contribution >= 0.6 is 11.6 Å². The van der Waals surface area contributed by atoms with Gasteiger partial charge in [-0.15, -0.1) is 0 Å². The summed E-state index contributed by atoms with van der Waals surface area (Å²) in [6.07, 6.45) is -0.658. The van der Waals surface area contributed by atoms with E-state index in [9.17, 15) is 5.11 Å². The normalized spacial score (nSPS) is 14.3. The molecule has 1 rings (SSSR count). The first kappa shape index (κ1) is 15.2. The van der Waals surface area contributed by atoms with Crippen molar-refractivity contribution in [1.82, 2.24) is 0 Å². The number of halogens is 1. The third-order valence-corrected chi connectivity index (χ3v) is 2.72. The fraction of sp³-hybridized carbons (Fsp3) is 0.538. The molecule has 0 heterocycles. The smallest absolute Gasteiger partial charge is 0.138 e. The van der Waals surface area contributed by atoms with Gasteiger partial charge in [-0.25, -0.2) is 0 Å². The van der Waals surface area contributed by atoms with E-state index in [-0.39, 0.29) is 19.3 Å². The van der Waals surface area contributed by atoms with Crippen LogP contribution in [0.3, 0.4) is 0 Å². The van der Waals surface area contributed by atoms with Crippen molar-refractivity contribution in [2.45, 2.75) is 26.0 Å². The maximum atomic E-state index is 9.56. The van der Waals surface area contributed by atoms with E-state index in [2.05, 4.69) is 0 Å². The number of ether oxygens (including phenoxy) is 2. The molecule has 0 aliphatic carbocycles. The van der Waals surface area contributed by atoms with Crippen LogP contribution in [0.4, 0.5) is 0 Å². The van der Waals surface area contributed by atoms with Crippen molar-refractivity contribution in [3.8, 4) is 5.75 Å². The summed E-state index contributed by atoms with van der Waals surface area (Å²) in [6.45, 7) is 4.74. The second kappa shape index (κ2) is 7.59. The van der Waals surface area contributed by atoms with E-state index in [1.54, 1.807) is 12.1 Å². The summed E-state index contributed by atoms with van der Waals surface area (Å²) in [4.78, 5) is 0. The fourth-order valence-electron chi connectivity index (χ4n) is 1.41. The highest BCUT2D eigenvalue weighted by Gasteiger charge is 2.09. The summed E-state index contributed by atoms with van der Waals surface area (Å²) in [5.74, 6) is 0.539. The van der Waals surface area contributed by atoms with Gasteiger partial charge in [-0.3, -0.25) is 0 Å². The van der Waals surface area contributed by atoms with Gasteiger partial charge in [0, 0.05) is 12.6 Å². The molecule has 0 fully saturated rings. The van der Waals surface area contributed by atoms with Gasteiger partial charge in [-0.1, -0.05) is 17.7 Å². The zero-order chi connectivity index (χ0) is 13.5. The lowest BCUT2D eigenvalue weighted by Gasteiger charge is -2.14. The largest absolute Gasteiger partial charge is 0.489 e. The number of rotatable bonds is 7. The average Bonchev–Trinajstić information content (AvgIpc) is 2.34. The third-order valence-electron chi connectivity index (χ3n) is 2.43. The number of aliphatic hydroxyl groups excluding tert-OH is 1. The minimum Gasteiger partial charge on any atom is -0.489 e. The quantitative estimate of drug-likeness (QED) is 0.799. The van der Waals surface area contributed by atoms with Gasteiger partial charge < -0.3 is 20.3 Å². The molecule has 102 valence electrons. The van der Waals surface area contributed by atoms with Crippen LogP contribution in [0.15, 0.2) is 18.2 Å². The van der Waals surface area contributed by atoms with Crippen LogP contribution in [0.5, 0.6) is 5.75 Å². The lowest BCUT2D eigenvalue weighted by Crippen LogP contribution is -2.23. The van der Waals surface area contributed by atoms with Crippen LogP contribution in [-0.4, -0.2) is 31.0 Å². The molecule has 3 N–H and O–H groups in total. The maximum Gasteiger partial charge on any atom is 0.138 e. The molecule has 4 nitrogen and oxygen atoms in total. The molecular weight excluding hydrogens is 254 g/mol. The second-order valence-electron chi connectivity index (χ2n) is 4.10. The maximum absolute atomic E-state index is 9.56. The summed E-state index contributed by atoms with van der Waals surface area (Å²) in [7, 11) is 0. The molecule has 1 aromatic carbocycles. The highest BCUT2D eigenvalue weighted by Crippen LogP contribution is 2.27. The van der Waals surface area contributed by atoms with Crippen molar-refractivity contribution >= 4 is 11.6 Å². The Bertz CT molecular complexity index is 371. The van der Waals surface area contributed by atoms with Gasteiger partial charge in [0.2, 0.25) is 0 Å². The first-order chi connectivity index (χ1) is 8.54. The van der Waals surface area contributed by atoms with Crippen molar-refractivity contribution in [3.63, 3.8) is 0 Å². The Hall–Kier alpha value is -0.810. The van der Waals surface area contributed by atoms with Crippen LogP contribution in [0, 0.1) is 0 Å². The average molecular weight is 274 g/mol. The Balaban J connectivity index is 2.52. The molecule has 5 heteroatoms. The molecule has 0 amide bonds. The van der Waals surface area contributed by atoms with Crippen LogP contribution in [-0.2, 0) is 4.74 Å². The van der Waals surface area contributed by atoms with Crippen molar-refractivity contribution in [1.29, 1.82) is 0 Å². The molecule has 0 bridgehead atoms. The number of hydrogen-bond acceptors (Lipinski definition) is 4. The number of benzene rings is 1. The summed E-state index contributed by atoms with van der Waals surface area (Å²) in [6, 6.07) is 5.33. The fourth-order valence-corrected chi connectivity index (χ4v) is 1.65. The van der Waals surface area contributed by atoms with Gasteiger partial charge in [0.05, 0.1) is 11.6 Å². The summed E-state index contributed by atoms with van der Waals surface area (Å²) >= 11 is 6.07. The molecule has 0 aliphatic rings. The lowest BCUT2D eigenvalue weighted by molar-refractivity contribution is 0.0164. The van der Waals surface area contributed by atoms with Gasteiger partial charge in [0.25, 0.3) is 0 Å². The summed E-state index contributed by atoms with van der Waals surface area (Å²) in [5, 5.41) is 10.1. The second-order valence-corrected chi connectivity index (χ2v) is 4.51. The first-order valence-corrected chi connectivity index (χ1v) is 6.36. The molecule has 1 aromatic rings. The van der Waals surface area contributed by atoms with Crippen molar-refractivity contribution in [2.75, 3.05) is 19.8 Å². The number of hydrogen-bond donors (Lipinski definition) is 2. The van der Waals surface area contributed by atoms with Crippen LogP contribution in [0.1, 0.15) is 25.5 Å². The minimum atomic E-state index is -0.658. The van der Waals surface area contributed by atoms with E-state index >= 15 is 0 Å². The lowest BCUT2D eigenvalue weighted by atomic mass is 10.1. The third kappa shape index (κ3) is 4.82. The molecule has 1 unspecified atom stereocenters. The molecule has 0 aliphatic heterocycles. The monoisotopic (exact) mass is 273 g/mol. The first-order valence-electron chi connectivity index (χ1n) is 5.98. The minimum absolute atomic E-state index is 0.0694. The molecular formula is C13H20ClNO3. The van der Waals surface area contributed by atoms with E-state index in [1.165, 1.54) is 0 Å². The van der Waals surface area contributed by atoms with E-state index < -0.39 is 6.10 Å². The molecule has 0 aromatic heterocycles. The van der Waals surface area contributed by atoms with Gasteiger partial charge in [0.1, 0.15) is 18.5 Å². The van der Waals surface area contributed by atoms with Crippen molar-refractivity contribution < 1.29 is 14.6 Å². The molecule has 2 atom stereocenters. The number of nitrogens with two attached hydrogens (primary N) is 1. The predicted molar refractivity (Wildman–Crippen MR) is 72.0 cm³/mol. The molecule has 18 heavy (non-hydrogen) atoms. The Labute approximate surface area is 113 Å². The Morgan fingerprint density at radius 1 is 1.39 bits per heavy atom. The van der Waals surface area contributed by atoms with E-state index in [4.69, 9.17) is 26.8 Å². The summed E-state index contributed by atoms with van der Waals surface area (Å²) in [5.41, 5.74) is 6.70. The highest BCUT2D eigenvalue weighted by molar-refractivity contribution is 6.32. The highest BCUT2D eigenvalue weighted by atomic mass is 35.5. The molecule has 0 saturated heterocycles. The van der Waals surface area contributed by atoms with Crippen LogP contribution in [0.2, 0.25) is 5.02 Å². The Kier molecular flexibility index (Phi) is 6.43. The van der Waals surface area contributed by atoms with Gasteiger partial charge in [-0.2, -0.15) is 0 Å². The Morgan fingerprint density at radius 2 is 2.11 bits per heavy atom. The molecule has 0 saturated carbocycles. The van der Waals surface area contributed by atoms with Crippen LogP contribution < -0.4 is 10.5 Å². The van der Waals surface area contributed by atoms with Gasteiger partial charge in [-0.05, 0) is 31.5 Å². The summed E-state index contributed by atoms with van der Waals surface area (Å²) < 4.78 is 10.5. The van der Waals surface area contributed by atoms with E-state index in [0.29, 0.717) is 17.4 Å². The zero-order valence-electron chi connectivity index (χ0n) is 10.7. The molecule has 0 radical (unpaired) electrons. The molecule has 0 spiro atoms. The van der Waals surface area contributed by atoms with E-state index in [1.807, 2.05) is 19.9 Å². The SMILES string of the molecule is CCOCC(O)COc1ccc([C@@H](C)N)cc1Cl. The van der Waals surface area contributed by atoms with Crippen LogP contribution in [0.25, 0.3) is 0 Å². The van der Waals surface area contributed by atoms with Crippen molar-refractivity contribution in [3.05, 3.63) is 28.8 Å². The zero-order valence-corrected chi connectivity index (χ0v) is 11.5. The predicted octanol–water partition coefficient (Wildman–Crippen LogP) is 2.14. The van der Waals surface area contributed by atoms with Gasteiger partial charge in [0.15, 0.2) is 0 Å².